The summed E-state index contributed by atoms with van der Waals surface area (Å²) < 4.78 is 15.2. The highest BCUT2D eigenvalue weighted by atomic mass is 19.1. The molecule has 1 saturated carbocycles. The maximum absolute atomic E-state index is 13.6. The van der Waals surface area contributed by atoms with Crippen LogP contribution in [0.5, 0.6) is 0 Å². The third-order valence-electron chi connectivity index (χ3n) is 6.83. The van der Waals surface area contributed by atoms with Gasteiger partial charge in [0.25, 0.3) is 5.91 Å². The third-order valence-corrected chi connectivity index (χ3v) is 6.83. The Hall–Kier alpha value is -2.78. The van der Waals surface area contributed by atoms with Gasteiger partial charge in [0.2, 0.25) is 0 Å². The van der Waals surface area contributed by atoms with Crippen LogP contribution in [-0.2, 0) is 11.2 Å². The number of benzene rings is 1. The molecule has 8 nitrogen and oxygen atoms in total. The van der Waals surface area contributed by atoms with Crippen molar-refractivity contribution in [3.05, 3.63) is 47.0 Å². The molecule has 1 aliphatic carbocycles. The second-order valence-electron chi connectivity index (χ2n) is 10.1. The predicted octanol–water partition coefficient (Wildman–Crippen LogP) is 3.96. The predicted molar refractivity (Wildman–Crippen MR) is 134 cm³/mol. The van der Waals surface area contributed by atoms with Gasteiger partial charge in [-0.15, -0.1) is 0 Å². The van der Waals surface area contributed by atoms with Gasteiger partial charge < -0.3 is 20.6 Å². The number of amides is 1. The van der Waals surface area contributed by atoms with Gasteiger partial charge >= 0.3 is 5.97 Å². The molecule has 0 saturated heterocycles. The van der Waals surface area contributed by atoms with E-state index in [2.05, 4.69) is 10.4 Å². The van der Waals surface area contributed by atoms with Crippen LogP contribution >= 0.6 is 0 Å². The summed E-state index contributed by atoms with van der Waals surface area (Å²) in [5.74, 6) is -1.33. The SMILES string of the molecule is CC(C)c1c(C(=O)NCC2CCCCC2)nn(-c2ccc(F)cc2)c1CC[C@@H](O)C[C@@H](O)CC(=O)O. The van der Waals surface area contributed by atoms with Crippen molar-refractivity contribution in [1.82, 2.24) is 15.1 Å². The zero-order valence-electron chi connectivity index (χ0n) is 21.1. The molecule has 1 aromatic heterocycles. The molecule has 0 aliphatic heterocycles. The Kier molecular flexibility index (Phi) is 10.0. The first-order valence-corrected chi connectivity index (χ1v) is 12.9. The zero-order chi connectivity index (χ0) is 26.2. The average Bonchev–Trinajstić information content (AvgIpc) is 3.21. The molecular formula is C27H38FN3O5. The lowest BCUT2D eigenvalue weighted by atomic mass is 9.89. The minimum absolute atomic E-state index is 0.0422. The van der Waals surface area contributed by atoms with Gasteiger partial charge in [0.15, 0.2) is 5.69 Å². The number of hydrogen-bond donors (Lipinski definition) is 4. The number of hydrogen-bond acceptors (Lipinski definition) is 5. The van der Waals surface area contributed by atoms with E-state index in [1.165, 1.54) is 31.4 Å². The highest BCUT2D eigenvalue weighted by Crippen LogP contribution is 2.29. The van der Waals surface area contributed by atoms with Crippen LogP contribution < -0.4 is 5.32 Å². The number of rotatable bonds is 12. The Morgan fingerprint density at radius 2 is 1.78 bits per heavy atom. The first-order valence-electron chi connectivity index (χ1n) is 12.9. The van der Waals surface area contributed by atoms with Crippen molar-refractivity contribution in [1.29, 1.82) is 0 Å². The van der Waals surface area contributed by atoms with Crippen molar-refractivity contribution in [2.45, 2.75) is 89.8 Å². The molecule has 1 fully saturated rings. The largest absolute Gasteiger partial charge is 0.481 e. The standard InChI is InChI=1S/C27H38FN3O5/c1-17(2)25-23(13-12-21(32)14-22(33)15-24(34)35)31(20-10-8-19(28)9-11-20)30-26(25)27(36)29-16-18-6-4-3-5-7-18/h8-11,17-18,21-22,32-33H,3-7,12-16H2,1-2H3,(H,29,36)(H,34,35)/t21-,22-/m1/s1. The number of nitrogens with one attached hydrogen (secondary N) is 1. The van der Waals surface area contributed by atoms with Crippen molar-refractivity contribution in [3.8, 4) is 5.69 Å². The van der Waals surface area contributed by atoms with Gasteiger partial charge in [0, 0.05) is 17.8 Å². The van der Waals surface area contributed by atoms with E-state index in [4.69, 9.17) is 5.11 Å². The van der Waals surface area contributed by atoms with Crippen LogP contribution in [0.15, 0.2) is 24.3 Å². The van der Waals surface area contributed by atoms with Crippen LogP contribution in [0, 0.1) is 11.7 Å². The van der Waals surface area contributed by atoms with E-state index in [0.29, 0.717) is 30.3 Å². The van der Waals surface area contributed by atoms with E-state index in [0.717, 1.165) is 24.1 Å². The fraction of sp³-hybridized carbons (Fsp3) is 0.593. The lowest BCUT2D eigenvalue weighted by molar-refractivity contribution is -0.139. The van der Waals surface area contributed by atoms with Crippen molar-refractivity contribution >= 4 is 11.9 Å². The third kappa shape index (κ3) is 7.61. The molecule has 1 heterocycles. The number of aliphatic hydroxyl groups excluding tert-OH is 2. The van der Waals surface area contributed by atoms with Crippen molar-refractivity contribution in [2.75, 3.05) is 6.54 Å². The van der Waals surface area contributed by atoms with Gasteiger partial charge in [-0.25, -0.2) is 9.07 Å². The number of aliphatic carboxylic acids is 1. The number of aromatic nitrogens is 2. The number of carbonyl (C=O) groups is 2. The van der Waals surface area contributed by atoms with Gasteiger partial charge in [-0.2, -0.15) is 5.10 Å². The minimum Gasteiger partial charge on any atom is -0.481 e. The Morgan fingerprint density at radius 3 is 2.39 bits per heavy atom. The number of aliphatic hydroxyl groups is 2. The lowest BCUT2D eigenvalue weighted by Crippen LogP contribution is -2.31. The monoisotopic (exact) mass is 503 g/mol. The molecule has 0 radical (unpaired) electrons. The number of carboxylic acid groups (broad SMARTS) is 1. The fourth-order valence-corrected chi connectivity index (χ4v) is 5.01. The highest BCUT2D eigenvalue weighted by molar-refractivity contribution is 5.94. The van der Waals surface area contributed by atoms with Crippen LogP contribution in [0.4, 0.5) is 4.39 Å². The molecule has 1 aromatic carbocycles. The molecule has 36 heavy (non-hydrogen) atoms. The highest BCUT2D eigenvalue weighted by Gasteiger charge is 2.27. The number of carboxylic acids is 1. The lowest BCUT2D eigenvalue weighted by Gasteiger charge is -2.21. The smallest absolute Gasteiger partial charge is 0.305 e. The summed E-state index contributed by atoms with van der Waals surface area (Å²) in [6.07, 6.45) is 3.83. The summed E-state index contributed by atoms with van der Waals surface area (Å²) in [4.78, 5) is 24.1. The number of carbonyl (C=O) groups excluding carboxylic acids is 1. The molecule has 0 spiro atoms. The number of nitrogens with zero attached hydrogens (tertiary/aromatic N) is 2. The van der Waals surface area contributed by atoms with Crippen molar-refractivity contribution < 1.29 is 29.3 Å². The van der Waals surface area contributed by atoms with Crippen LogP contribution in [0.3, 0.4) is 0 Å². The maximum atomic E-state index is 13.6. The Balaban J connectivity index is 1.86. The molecule has 2 aromatic rings. The molecule has 4 N–H and O–H groups in total. The Bertz CT molecular complexity index is 1020. The molecule has 3 rings (SSSR count). The van der Waals surface area contributed by atoms with E-state index in [1.807, 2.05) is 13.8 Å². The quantitative estimate of drug-likeness (QED) is 0.347. The Labute approximate surface area is 211 Å². The minimum atomic E-state index is -1.15. The molecule has 1 aliphatic rings. The topological polar surface area (TPSA) is 125 Å². The van der Waals surface area contributed by atoms with E-state index in [9.17, 15) is 24.2 Å². The Morgan fingerprint density at radius 1 is 1.11 bits per heavy atom. The second-order valence-corrected chi connectivity index (χ2v) is 10.1. The normalized spacial score (nSPS) is 16.2. The molecule has 198 valence electrons. The van der Waals surface area contributed by atoms with Gasteiger partial charge in [-0.3, -0.25) is 9.59 Å². The molecular weight excluding hydrogens is 465 g/mol. The molecule has 0 bridgehead atoms. The summed E-state index contributed by atoms with van der Waals surface area (Å²) in [5, 5.41) is 36.9. The zero-order valence-corrected chi connectivity index (χ0v) is 21.1. The van der Waals surface area contributed by atoms with Crippen molar-refractivity contribution in [2.24, 2.45) is 5.92 Å². The van der Waals surface area contributed by atoms with E-state index in [-0.39, 0.29) is 30.5 Å². The average molecular weight is 504 g/mol. The van der Waals surface area contributed by atoms with Crippen LogP contribution in [-0.4, -0.2) is 55.7 Å². The first kappa shape index (κ1) is 27.8. The van der Waals surface area contributed by atoms with Gasteiger partial charge in [0.1, 0.15) is 5.82 Å². The van der Waals surface area contributed by atoms with E-state index >= 15 is 0 Å². The summed E-state index contributed by atoms with van der Waals surface area (Å²) in [5.41, 5.74) is 2.41. The van der Waals surface area contributed by atoms with Crippen LogP contribution in [0.25, 0.3) is 5.69 Å². The summed E-state index contributed by atoms with van der Waals surface area (Å²) in [6.45, 7) is 4.55. The maximum Gasteiger partial charge on any atom is 0.305 e. The number of halogens is 1. The molecule has 0 unspecified atom stereocenters. The van der Waals surface area contributed by atoms with Crippen molar-refractivity contribution in [3.63, 3.8) is 0 Å². The van der Waals surface area contributed by atoms with E-state index < -0.39 is 24.6 Å². The first-order chi connectivity index (χ1) is 17.2. The molecule has 9 heteroatoms. The molecule has 1 amide bonds. The summed E-state index contributed by atoms with van der Waals surface area (Å²) in [6, 6.07) is 5.84. The van der Waals surface area contributed by atoms with E-state index in [1.54, 1.807) is 16.8 Å². The van der Waals surface area contributed by atoms with Gasteiger partial charge in [-0.05, 0) is 68.2 Å². The summed E-state index contributed by atoms with van der Waals surface area (Å²) in [7, 11) is 0. The summed E-state index contributed by atoms with van der Waals surface area (Å²) >= 11 is 0. The fourth-order valence-electron chi connectivity index (χ4n) is 5.01. The van der Waals surface area contributed by atoms with Crippen LogP contribution in [0.2, 0.25) is 0 Å². The second kappa shape index (κ2) is 13.0. The van der Waals surface area contributed by atoms with Crippen LogP contribution in [0.1, 0.15) is 92.9 Å². The molecule has 2 atom stereocenters. The van der Waals surface area contributed by atoms with Gasteiger partial charge in [0.05, 0.1) is 24.3 Å². The van der Waals surface area contributed by atoms with Gasteiger partial charge in [-0.1, -0.05) is 33.1 Å².